The van der Waals surface area contributed by atoms with Crippen LogP contribution < -0.4 is 5.19 Å². The maximum Gasteiger partial charge on any atom is 0.455 e. The second kappa shape index (κ2) is 8.14. The van der Waals surface area contributed by atoms with E-state index >= 15 is 0 Å². The molecule has 1 atom stereocenters. The molecule has 0 amide bonds. The van der Waals surface area contributed by atoms with E-state index in [2.05, 4.69) is 122 Å². The van der Waals surface area contributed by atoms with Crippen molar-refractivity contribution in [1.82, 2.24) is 0 Å². The molecule has 0 N–H and O–H groups in total. The first-order chi connectivity index (χ1) is 13.9. The zero-order chi connectivity index (χ0) is 22.2. The van der Waals surface area contributed by atoms with Gasteiger partial charge in [0.25, 0.3) is 0 Å². The molecule has 1 saturated heterocycles. The summed E-state index contributed by atoms with van der Waals surface area (Å²) in [7, 11) is -2.35. The van der Waals surface area contributed by atoms with Crippen LogP contribution in [0.1, 0.15) is 54.0 Å². The lowest BCUT2D eigenvalue weighted by Crippen LogP contribution is -2.53. The van der Waals surface area contributed by atoms with Gasteiger partial charge in [0, 0.05) is 0 Å². The first-order valence-corrected chi connectivity index (χ1v) is 13.7. The summed E-state index contributed by atoms with van der Waals surface area (Å²) in [5.41, 5.74) is 0.672. The van der Waals surface area contributed by atoms with Gasteiger partial charge in [0.2, 0.25) is 0 Å². The number of hydrogen-bond acceptors (Lipinski definition) is 2. The van der Waals surface area contributed by atoms with Crippen LogP contribution in [0, 0.1) is 5.41 Å². The van der Waals surface area contributed by atoms with Crippen LogP contribution in [-0.2, 0) is 9.31 Å². The second-order valence-electron chi connectivity index (χ2n) is 10.8. The van der Waals surface area contributed by atoms with Gasteiger partial charge in [0.05, 0.1) is 11.2 Å². The molecule has 1 unspecified atom stereocenters. The van der Waals surface area contributed by atoms with Gasteiger partial charge in [-0.1, -0.05) is 104 Å². The molecule has 0 saturated carbocycles. The first-order valence-electron chi connectivity index (χ1n) is 11.0. The Morgan fingerprint density at radius 1 is 0.867 bits per heavy atom. The van der Waals surface area contributed by atoms with Gasteiger partial charge in [0.15, 0.2) is 0 Å². The third-order valence-electron chi connectivity index (χ3n) is 6.80. The molecular formula is C26H37BO2Si. The van der Waals surface area contributed by atoms with Crippen LogP contribution in [-0.4, -0.2) is 26.4 Å². The maximum absolute atomic E-state index is 6.48. The monoisotopic (exact) mass is 420 g/mol. The molecule has 30 heavy (non-hydrogen) atoms. The van der Waals surface area contributed by atoms with Gasteiger partial charge in [-0.3, -0.25) is 0 Å². The van der Waals surface area contributed by atoms with Gasteiger partial charge >= 0.3 is 7.12 Å². The fourth-order valence-electron chi connectivity index (χ4n) is 4.49. The zero-order valence-electron chi connectivity index (χ0n) is 20.0. The quantitative estimate of drug-likeness (QED) is 0.531. The van der Waals surface area contributed by atoms with Gasteiger partial charge in [-0.15, -0.1) is 0 Å². The Morgan fingerprint density at radius 2 is 1.33 bits per heavy atom. The highest BCUT2D eigenvalue weighted by molar-refractivity contribution is 7.02. The van der Waals surface area contributed by atoms with Gasteiger partial charge in [0.1, 0.15) is 8.07 Å². The molecule has 1 heterocycles. The smallest absolute Gasteiger partial charge is 0.403 e. The summed E-state index contributed by atoms with van der Waals surface area (Å²) in [6.45, 7) is 18.0. The molecule has 0 radical (unpaired) electrons. The van der Waals surface area contributed by atoms with Crippen molar-refractivity contribution < 1.29 is 9.31 Å². The molecule has 1 fully saturated rings. The fraction of sp³-hybridized carbons (Fsp3) is 0.462. The van der Waals surface area contributed by atoms with Crippen LogP contribution in [0.15, 0.2) is 65.9 Å². The molecule has 0 aliphatic carbocycles. The SMILES string of the molecule is CC(C)(C)/C(=C\c1ccccc1)[Si](C)(CB1OC(C)(C)C(C)(C)O1)c1ccccc1. The molecule has 1 aliphatic rings. The van der Waals surface area contributed by atoms with Crippen molar-refractivity contribution in [2.75, 3.05) is 0 Å². The highest BCUT2D eigenvalue weighted by Crippen LogP contribution is 2.42. The molecule has 0 bridgehead atoms. The number of allylic oxidation sites excluding steroid dienone is 1. The van der Waals surface area contributed by atoms with E-state index in [1.54, 1.807) is 0 Å². The minimum atomic E-state index is -2.15. The Balaban J connectivity index is 2.11. The van der Waals surface area contributed by atoms with Crippen molar-refractivity contribution in [1.29, 1.82) is 0 Å². The van der Waals surface area contributed by atoms with Gasteiger partial charge in [-0.2, -0.15) is 0 Å². The maximum atomic E-state index is 6.48. The molecule has 2 nitrogen and oxygen atoms in total. The minimum absolute atomic E-state index is 0.0380. The van der Waals surface area contributed by atoms with Gasteiger partial charge in [-0.25, -0.2) is 0 Å². The Bertz CT molecular complexity index is 868. The predicted octanol–water partition coefficient (Wildman–Crippen LogP) is 6.27. The Labute approximate surface area is 184 Å². The molecular weight excluding hydrogens is 383 g/mol. The van der Waals surface area contributed by atoms with E-state index in [-0.39, 0.29) is 23.7 Å². The lowest BCUT2D eigenvalue weighted by molar-refractivity contribution is 0.00578. The van der Waals surface area contributed by atoms with Crippen molar-refractivity contribution >= 4 is 26.5 Å². The van der Waals surface area contributed by atoms with Crippen molar-refractivity contribution in [2.24, 2.45) is 5.41 Å². The Hall–Kier alpha value is -1.62. The summed E-state index contributed by atoms with van der Waals surface area (Å²) in [6.07, 6.45) is 2.42. The minimum Gasteiger partial charge on any atom is -0.403 e. The van der Waals surface area contributed by atoms with E-state index in [1.165, 1.54) is 15.9 Å². The summed E-state index contributed by atoms with van der Waals surface area (Å²) in [4.78, 5) is 0. The average Bonchev–Trinajstić information content (AvgIpc) is 2.86. The predicted molar refractivity (Wildman–Crippen MR) is 132 cm³/mol. The zero-order valence-corrected chi connectivity index (χ0v) is 21.0. The summed E-state index contributed by atoms with van der Waals surface area (Å²) < 4.78 is 13.0. The van der Waals surface area contributed by atoms with Crippen LogP contribution in [0.2, 0.25) is 12.5 Å². The highest BCUT2D eigenvalue weighted by Gasteiger charge is 2.54. The molecule has 2 aromatic carbocycles. The van der Waals surface area contributed by atoms with E-state index in [1.807, 2.05) is 0 Å². The van der Waals surface area contributed by atoms with Crippen molar-refractivity contribution in [3.8, 4) is 0 Å². The normalized spacial score (nSPS) is 20.8. The summed E-state index contributed by atoms with van der Waals surface area (Å²) in [5, 5.41) is 2.94. The Kier molecular flexibility index (Phi) is 6.26. The molecule has 0 spiro atoms. The molecule has 1 aliphatic heterocycles. The van der Waals surface area contributed by atoms with Crippen molar-refractivity contribution in [3.63, 3.8) is 0 Å². The average molecular weight is 420 g/mol. The van der Waals surface area contributed by atoms with E-state index in [0.717, 1.165) is 5.94 Å². The largest absolute Gasteiger partial charge is 0.455 e. The molecule has 4 heteroatoms. The number of hydrogen-bond donors (Lipinski definition) is 0. The van der Waals surface area contributed by atoms with Crippen LogP contribution in [0.5, 0.6) is 0 Å². The molecule has 0 aromatic heterocycles. The van der Waals surface area contributed by atoms with Crippen LogP contribution in [0.4, 0.5) is 0 Å². The standard InChI is InChI=1S/C26H37BO2Si/c1-24(2,3)23(19-21-15-11-9-12-16-21)30(8,22-17-13-10-14-18-22)20-27-28-25(4,5)26(6,7)29-27/h9-19H,20H2,1-8H3/b23-19+. The van der Waals surface area contributed by atoms with Crippen LogP contribution in [0.3, 0.4) is 0 Å². The first kappa shape index (κ1) is 23.1. The third kappa shape index (κ3) is 4.66. The van der Waals surface area contributed by atoms with Gasteiger partial charge in [-0.05, 0) is 44.6 Å². The molecule has 2 aromatic rings. The summed E-state index contributed by atoms with van der Waals surface area (Å²) in [5.74, 6) is 0.903. The van der Waals surface area contributed by atoms with Crippen LogP contribution >= 0.6 is 0 Å². The van der Waals surface area contributed by atoms with Crippen molar-refractivity contribution in [3.05, 3.63) is 71.4 Å². The third-order valence-corrected chi connectivity index (χ3v) is 11.6. The van der Waals surface area contributed by atoms with E-state index in [9.17, 15) is 0 Å². The summed E-state index contributed by atoms with van der Waals surface area (Å²) in [6, 6.07) is 21.7. The number of rotatable bonds is 5. The van der Waals surface area contributed by atoms with Crippen molar-refractivity contribution in [2.45, 2.75) is 72.2 Å². The number of benzene rings is 2. The Morgan fingerprint density at radius 3 is 1.80 bits per heavy atom. The van der Waals surface area contributed by atoms with Crippen LogP contribution in [0.25, 0.3) is 6.08 Å². The fourth-order valence-corrected chi connectivity index (χ4v) is 9.16. The van der Waals surface area contributed by atoms with E-state index < -0.39 is 8.07 Å². The lowest BCUT2D eigenvalue weighted by Gasteiger charge is -2.39. The summed E-state index contributed by atoms with van der Waals surface area (Å²) >= 11 is 0. The van der Waals surface area contributed by atoms with E-state index in [0.29, 0.717) is 0 Å². The highest BCUT2D eigenvalue weighted by atomic mass is 28.3. The van der Waals surface area contributed by atoms with Gasteiger partial charge < -0.3 is 9.31 Å². The molecule has 3 rings (SSSR count). The second-order valence-corrected chi connectivity index (χ2v) is 15.0. The topological polar surface area (TPSA) is 18.5 Å². The van der Waals surface area contributed by atoms with E-state index in [4.69, 9.17) is 9.31 Å². The molecule has 160 valence electrons. The lowest BCUT2D eigenvalue weighted by atomic mass is 9.90.